The minimum Gasteiger partial charge on any atom is -0.490 e. The van der Waals surface area contributed by atoms with Gasteiger partial charge >= 0.3 is 0 Å². The van der Waals surface area contributed by atoms with Gasteiger partial charge in [0.2, 0.25) is 5.91 Å². The van der Waals surface area contributed by atoms with Gasteiger partial charge in [-0.05, 0) is 36.8 Å². The first kappa shape index (κ1) is 21.2. The molecular formula is C27H24N4O4. The van der Waals surface area contributed by atoms with Crippen LogP contribution in [0.2, 0.25) is 0 Å². The lowest BCUT2D eigenvalue weighted by Crippen LogP contribution is -2.33. The first-order valence-electron chi connectivity index (χ1n) is 11.7. The predicted octanol–water partition coefficient (Wildman–Crippen LogP) is 3.97. The fourth-order valence-corrected chi connectivity index (χ4v) is 4.66. The second-order valence-electron chi connectivity index (χ2n) is 8.68. The zero-order chi connectivity index (χ0) is 23.8. The van der Waals surface area contributed by atoms with Gasteiger partial charge in [-0.1, -0.05) is 30.3 Å². The molecule has 2 aliphatic rings. The molecule has 8 heteroatoms. The minimum absolute atomic E-state index is 0.0254. The van der Waals surface area contributed by atoms with E-state index in [-0.39, 0.29) is 17.5 Å². The number of anilines is 2. The summed E-state index contributed by atoms with van der Waals surface area (Å²) in [4.78, 5) is 27.1. The minimum atomic E-state index is -0.316. The van der Waals surface area contributed by atoms with E-state index in [0.717, 1.165) is 34.5 Å². The summed E-state index contributed by atoms with van der Waals surface area (Å²) in [5.41, 5.74) is 3.02. The van der Waals surface area contributed by atoms with Crippen molar-refractivity contribution in [1.82, 2.24) is 10.2 Å². The molecule has 0 saturated carbocycles. The molecule has 3 aromatic carbocycles. The highest BCUT2D eigenvalue weighted by Gasteiger charge is 2.32. The molecule has 0 radical (unpaired) electrons. The third kappa shape index (κ3) is 3.97. The van der Waals surface area contributed by atoms with Gasteiger partial charge in [-0.2, -0.15) is 5.10 Å². The van der Waals surface area contributed by atoms with Crippen molar-refractivity contribution in [3.8, 4) is 22.8 Å². The first-order valence-corrected chi connectivity index (χ1v) is 11.7. The summed E-state index contributed by atoms with van der Waals surface area (Å²) in [6.07, 6.45) is 1.54. The number of nitrogens with zero attached hydrogens (tertiary/aromatic N) is 2. The van der Waals surface area contributed by atoms with Crippen LogP contribution in [0, 0.1) is 0 Å². The Labute approximate surface area is 201 Å². The van der Waals surface area contributed by atoms with Crippen molar-refractivity contribution < 1.29 is 14.3 Å². The number of H-pyrrole nitrogens is 1. The summed E-state index contributed by atoms with van der Waals surface area (Å²) in [6.45, 7) is 1.89. The Balaban J connectivity index is 1.20. The van der Waals surface area contributed by atoms with Crippen molar-refractivity contribution in [3.05, 3.63) is 77.1 Å². The van der Waals surface area contributed by atoms with Crippen LogP contribution in [0.3, 0.4) is 0 Å². The number of aromatic amines is 1. The molecule has 0 spiro atoms. The van der Waals surface area contributed by atoms with Gasteiger partial charge in [-0.3, -0.25) is 9.59 Å². The maximum atomic E-state index is 13.2. The number of nitrogens with one attached hydrogen (secondary N) is 2. The average molecular weight is 469 g/mol. The summed E-state index contributed by atoms with van der Waals surface area (Å²) in [5.74, 6) is 1.46. The molecule has 0 bridgehead atoms. The van der Waals surface area contributed by atoms with E-state index in [4.69, 9.17) is 9.47 Å². The Bertz CT molecular complexity index is 1460. The number of benzene rings is 3. The number of aromatic nitrogens is 2. The number of hydrogen-bond donors (Lipinski definition) is 2. The Morgan fingerprint density at radius 3 is 2.51 bits per heavy atom. The lowest BCUT2D eigenvalue weighted by atomic mass is 10.0. The van der Waals surface area contributed by atoms with Crippen LogP contribution >= 0.6 is 0 Å². The predicted molar refractivity (Wildman–Crippen MR) is 134 cm³/mol. The molecule has 1 fully saturated rings. The van der Waals surface area contributed by atoms with Crippen LogP contribution in [0.1, 0.15) is 12.8 Å². The zero-order valence-corrected chi connectivity index (χ0v) is 19.0. The van der Waals surface area contributed by atoms with Crippen molar-refractivity contribution in [2.24, 2.45) is 0 Å². The molecule has 176 valence electrons. The van der Waals surface area contributed by atoms with Crippen LogP contribution in [-0.4, -0.2) is 41.9 Å². The Morgan fingerprint density at radius 1 is 0.914 bits per heavy atom. The average Bonchev–Trinajstić information content (AvgIpc) is 3.09. The number of rotatable bonds is 4. The lowest BCUT2D eigenvalue weighted by Gasteiger charge is -2.19. The van der Waals surface area contributed by atoms with E-state index in [2.05, 4.69) is 15.5 Å². The molecule has 8 nitrogen and oxygen atoms in total. The molecule has 6 rings (SSSR count). The molecular weight excluding hydrogens is 444 g/mol. The van der Waals surface area contributed by atoms with E-state index in [9.17, 15) is 9.59 Å². The van der Waals surface area contributed by atoms with Crippen molar-refractivity contribution in [1.29, 1.82) is 0 Å². The number of ether oxygens (including phenoxy) is 2. The summed E-state index contributed by atoms with van der Waals surface area (Å²) in [7, 11) is 0. The molecule has 4 aromatic rings. The maximum absolute atomic E-state index is 13.2. The van der Waals surface area contributed by atoms with E-state index in [1.54, 1.807) is 11.0 Å². The summed E-state index contributed by atoms with van der Waals surface area (Å²) < 4.78 is 11.5. The summed E-state index contributed by atoms with van der Waals surface area (Å²) in [6, 6.07) is 20.5. The topological polar surface area (TPSA) is 96.6 Å². The van der Waals surface area contributed by atoms with E-state index in [1.807, 2.05) is 60.7 Å². The van der Waals surface area contributed by atoms with E-state index < -0.39 is 0 Å². The van der Waals surface area contributed by atoms with Crippen molar-refractivity contribution in [2.75, 3.05) is 30.0 Å². The Morgan fingerprint density at radius 2 is 1.69 bits per heavy atom. The van der Waals surface area contributed by atoms with Gasteiger partial charge in [-0.25, -0.2) is 5.10 Å². The molecule has 1 amide bonds. The molecule has 1 aromatic heterocycles. The number of fused-ring (bicyclic) bond motifs is 2. The number of carbonyl (C=O) groups is 1. The highest BCUT2D eigenvalue weighted by atomic mass is 16.5. The van der Waals surface area contributed by atoms with E-state index in [1.165, 1.54) is 0 Å². The van der Waals surface area contributed by atoms with Crippen LogP contribution in [-0.2, 0) is 4.79 Å². The lowest BCUT2D eigenvalue weighted by molar-refractivity contribution is -0.117. The number of amides is 1. The van der Waals surface area contributed by atoms with Gasteiger partial charge in [0.1, 0.15) is 6.04 Å². The molecule has 2 aliphatic heterocycles. The van der Waals surface area contributed by atoms with Crippen LogP contribution in [0.15, 0.2) is 71.5 Å². The first-order chi connectivity index (χ1) is 17.2. The second kappa shape index (κ2) is 8.79. The molecule has 1 unspecified atom stereocenters. The zero-order valence-electron chi connectivity index (χ0n) is 19.0. The normalized spacial score (nSPS) is 17.4. The highest BCUT2D eigenvalue weighted by Crippen LogP contribution is 2.34. The van der Waals surface area contributed by atoms with Crippen LogP contribution < -0.4 is 25.2 Å². The van der Waals surface area contributed by atoms with Gasteiger partial charge in [-0.15, -0.1) is 0 Å². The van der Waals surface area contributed by atoms with Gasteiger partial charge in [0.25, 0.3) is 5.56 Å². The standard InChI is InChI=1S/C27H24N4O4/c32-26-21-5-2-1-4-20(21)25(29-30-26)17-6-9-19(10-7-17)31-13-12-22(27(31)33)28-18-8-11-23-24(16-18)35-15-3-14-34-23/h1-2,4-11,16,22,28H,3,12-15H2,(H,30,32). The van der Waals surface area contributed by atoms with Crippen LogP contribution in [0.4, 0.5) is 11.4 Å². The molecule has 0 aliphatic carbocycles. The van der Waals surface area contributed by atoms with Crippen molar-refractivity contribution in [2.45, 2.75) is 18.9 Å². The summed E-state index contributed by atoms with van der Waals surface area (Å²) >= 11 is 0. The van der Waals surface area contributed by atoms with Gasteiger partial charge < -0.3 is 19.7 Å². The molecule has 2 N–H and O–H groups in total. The smallest absolute Gasteiger partial charge is 0.272 e. The quantitative estimate of drug-likeness (QED) is 0.471. The Kier molecular flexibility index (Phi) is 5.33. The van der Waals surface area contributed by atoms with Gasteiger partial charge in [0.15, 0.2) is 11.5 Å². The fourth-order valence-electron chi connectivity index (χ4n) is 4.66. The number of carbonyl (C=O) groups excluding carboxylic acids is 1. The van der Waals surface area contributed by atoms with E-state index in [0.29, 0.717) is 43.0 Å². The van der Waals surface area contributed by atoms with Crippen LogP contribution in [0.5, 0.6) is 11.5 Å². The molecule has 1 saturated heterocycles. The fraction of sp³-hybridized carbons (Fsp3) is 0.222. The van der Waals surface area contributed by atoms with Crippen molar-refractivity contribution >= 4 is 28.1 Å². The monoisotopic (exact) mass is 468 g/mol. The molecule has 3 heterocycles. The third-order valence-electron chi connectivity index (χ3n) is 6.44. The van der Waals surface area contributed by atoms with Crippen molar-refractivity contribution in [3.63, 3.8) is 0 Å². The maximum Gasteiger partial charge on any atom is 0.272 e. The largest absolute Gasteiger partial charge is 0.490 e. The summed E-state index contributed by atoms with van der Waals surface area (Å²) in [5, 5.41) is 11.6. The van der Waals surface area contributed by atoms with Gasteiger partial charge in [0.05, 0.1) is 24.3 Å². The molecule has 35 heavy (non-hydrogen) atoms. The van der Waals surface area contributed by atoms with Crippen LogP contribution in [0.25, 0.3) is 22.0 Å². The number of hydrogen-bond acceptors (Lipinski definition) is 6. The SMILES string of the molecule is O=C1C(Nc2ccc3c(c2)OCCCO3)CCN1c1ccc(-c2n[nH]c(=O)c3ccccc23)cc1. The second-order valence-corrected chi connectivity index (χ2v) is 8.68. The van der Waals surface area contributed by atoms with Gasteiger partial charge in [0, 0.05) is 41.4 Å². The molecule has 1 atom stereocenters. The highest BCUT2D eigenvalue weighted by molar-refractivity contribution is 6.01. The Hall–Kier alpha value is -4.33. The third-order valence-corrected chi connectivity index (χ3v) is 6.44. The van der Waals surface area contributed by atoms with E-state index >= 15 is 0 Å².